The van der Waals surface area contributed by atoms with Crippen molar-refractivity contribution in [2.24, 2.45) is 0 Å². The van der Waals surface area contributed by atoms with Gasteiger partial charge in [-0.25, -0.2) is 4.98 Å². The summed E-state index contributed by atoms with van der Waals surface area (Å²) in [7, 11) is 0. The Kier molecular flexibility index (Phi) is 4.86. The SMILES string of the molecule is Cc1c(Cl)cccc1NC(=O)Cn1cnc2ccc(I)cc2c1=O. The normalized spacial score (nSPS) is 10.8. The lowest BCUT2D eigenvalue weighted by Gasteiger charge is -2.11. The fourth-order valence-electron chi connectivity index (χ4n) is 2.33. The Bertz CT molecular complexity index is 1000. The minimum Gasteiger partial charge on any atom is -0.324 e. The summed E-state index contributed by atoms with van der Waals surface area (Å²) in [5, 5.41) is 3.85. The molecule has 0 fully saturated rings. The largest absolute Gasteiger partial charge is 0.324 e. The molecule has 3 rings (SSSR count). The Hall–Kier alpha value is -1.93. The molecule has 0 spiro atoms. The maximum absolute atomic E-state index is 12.5. The summed E-state index contributed by atoms with van der Waals surface area (Å²) >= 11 is 8.18. The Morgan fingerprint density at radius 3 is 2.92 bits per heavy atom. The lowest BCUT2D eigenvalue weighted by atomic mass is 10.2. The van der Waals surface area contributed by atoms with Crippen LogP contribution in [0.1, 0.15) is 5.56 Å². The van der Waals surface area contributed by atoms with Crippen LogP contribution in [0.3, 0.4) is 0 Å². The predicted octanol–water partition coefficient (Wildman–Crippen LogP) is 3.60. The molecule has 1 heterocycles. The number of amides is 1. The molecule has 0 aliphatic carbocycles. The molecule has 0 saturated carbocycles. The smallest absolute Gasteiger partial charge is 0.261 e. The molecular formula is C17H13ClIN3O2. The highest BCUT2D eigenvalue weighted by Crippen LogP contribution is 2.22. The number of aromatic nitrogens is 2. The van der Waals surface area contributed by atoms with Crippen LogP contribution in [0.4, 0.5) is 5.69 Å². The number of fused-ring (bicyclic) bond motifs is 1. The van der Waals surface area contributed by atoms with Crippen LogP contribution in [0.15, 0.2) is 47.5 Å². The van der Waals surface area contributed by atoms with Crippen molar-refractivity contribution >= 4 is 56.7 Å². The van der Waals surface area contributed by atoms with Crippen LogP contribution in [-0.4, -0.2) is 15.5 Å². The van der Waals surface area contributed by atoms with Gasteiger partial charge in [-0.15, -0.1) is 0 Å². The van der Waals surface area contributed by atoms with Crippen LogP contribution in [-0.2, 0) is 11.3 Å². The van der Waals surface area contributed by atoms with Gasteiger partial charge < -0.3 is 5.32 Å². The van der Waals surface area contributed by atoms with Gasteiger partial charge in [0.25, 0.3) is 5.56 Å². The Labute approximate surface area is 156 Å². The van der Waals surface area contributed by atoms with Gasteiger partial charge in [-0.1, -0.05) is 17.7 Å². The number of carbonyl (C=O) groups is 1. The van der Waals surface area contributed by atoms with Gasteiger partial charge in [0.1, 0.15) is 6.54 Å². The van der Waals surface area contributed by atoms with Crippen LogP contribution in [0.25, 0.3) is 10.9 Å². The highest BCUT2D eigenvalue weighted by Gasteiger charge is 2.10. The van der Waals surface area contributed by atoms with Crippen molar-refractivity contribution in [1.82, 2.24) is 9.55 Å². The fraction of sp³-hybridized carbons (Fsp3) is 0.118. The number of carbonyl (C=O) groups excluding carboxylic acids is 1. The van der Waals surface area contributed by atoms with E-state index in [9.17, 15) is 9.59 Å². The highest BCUT2D eigenvalue weighted by molar-refractivity contribution is 14.1. The highest BCUT2D eigenvalue weighted by atomic mass is 127. The Morgan fingerprint density at radius 1 is 1.33 bits per heavy atom. The summed E-state index contributed by atoms with van der Waals surface area (Å²) in [5.41, 5.74) is 1.79. The number of nitrogens with one attached hydrogen (secondary N) is 1. The fourth-order valence-corrected chi connectivity index (χ4v) is 3.00. The zero-order valence-corrected chi connectivity index (χ0v) is 15.6. The molecule has 2 aromatic carbocycles. The van der Waals surface area contributed by atoms with E-state index in [2.05, 4.69) is 32.9 Å². The van der Waals surface area contributed by atoms with E-state index >= 15 is 0 Å². The van der Waals surface area contributed by atoms with Gasteiger partial charge in [0.15, 0.2) is 0 Å². The first-order valence-electron chi connectivity index (χ1n) is 7.15. The molecule has 1 amide bonds. The van der Waals surface area contributed by atoms with Gasteiger partial charge in [-0.2, -0.15) is 0 Å². The Morgan fingerprint density at radius 2 is 2.12 bits per heavy atom. The second-order valence-electron chi connectivity index (χ2n) is 5.30. The van der Waals surface area contributed by atoms with E-state index in [4.69, 9.17) is 11.6 Å². The van der Waals surface area contributed by atoms with E-state index in [1.54, 1.807) is 30.3 Å². The molecular weight excluding hydrogens is 441 g/mol. The van der Waals surface area contributed by atoms with Crippen molar-refractivity contribution in [3.05, 3.63) is 67.2 Å². The third-order valence-electron chi connectivity index (χ3n) is 3.64. The van der Waals surface area contributed by atoms with Gasteiger partial charge in [0.05, 0.1) is 17.2 Å². The molecule has 0 bridgehead atoms. The molecule has 0 atom stereocenters. The number of rotatable bonds is 3. The van der Waals surface area contributed by atoms with Crippen LogP contribution in [0.2, 0.25) is 5.02 Å². The molecule has 0 aliphatic heterocycles. The zero-order valence-electron chi connectivity index (χ0n) is 12.7. The summed E-state index contributed by atoms with van der Waals surface area (Å²) in [6.45, 7) is 1.71. The summed E-state index contributed by atoms with van der Waals surface area (Å²) in [4.78, 5) is 29.0. The molecule has 24 heavy (non-hydrogen) atoms. The van der Waals surface area contributed by atoms with Gasteiger partial charge >= 0.3 is 0 Å². The first-order chi connectivity index (χ1) is 11.5. The number of anilines is 1. The zero-order chi connectivity index (χ0) is 17.3. The number of nitrogens with zero attached hydrogens (tertiary/aromatic N) is 2. The van der Waals surface area contributed by atoms with Crippen molar-refractivity contribution in [3.8, 4) is 0 Å². The summed E-state index contributed by atoms with van der Waals surface area (Å²) in [5.74, 6) is -0.311. The van der Waals surface area contributed by atoms with Crippen LogP contribution in [0, 0.1) is 10.5 Å². The van der Waals surface area contributed by atoms with Crippen molar-refractivity contribution in [3.63, 3.8) is 0 Å². The van der Waals surface area contributed by atoms with E-state index in [-0.39, 0.29) is 18.0 Å². The minimum absolute atomic E-state index is 0.112. The quantitative estimate of drug-likeness (QED) is 0.616. The van der Waals surface area contributed by atoms with Crippen molar-refractivity contribution in [1.29, 1.82) is 0 Å². The molecule has 3 aromatic rings. The summed E-state index contributed by atoms with van der Waals surface area (Å²) < 4.78 is 2.24. The van der Waals surface area contributed by atoms with Crippen molar-refractivity contribution < 1.29 is 4.79 Å². The summed E-state index contributed by atoms with van der Waals surface area (Å²) in [6, 6.07) is 10.7. The summed E-state index contributed by atoms with van der Waals surface area (Å²) in [6.07, 6.45) is 1.39. The average Bonchev–Trinajstić information content (AvgIpc) is 2.55. The van der Waals surface area contributed by atoms with Crippen molar-refractivity contribution in [2.45, 2.75) is 13.5 Å². The van der Waals surface area contributed by atoms with Crippen LogP contribution >= 0.6 is 34.2 Å². The lowest BCUT2D eigenvalue weighted by Crippen LogP contribution is -2.28. The second-order valence-corrected chi connectivity index (χ2v) is 6.95. The monoisotopic (exact) mass is 453 g/mol. The second kappa shape index (κ2) is 6.90. The van der Waals surface area contributed by atoms with E-state index in [0.29, 0.717) is 21.6 Å². The Balaban J connectivity index is 1.87. The lowest BCUT2D eigenvalue weighted by molar-refractivity contribution is -0.116. The van der Waals surface area contributed by atoms with Gasteiger partial charge in [0.2, 0.25) is 5.91 Å². The molecule has 7 heteroatoms. The maximum Gasteiger partial charge on any atom is 0.261 e. The third kappa shape index (κ3) is 3.44. The molecule has 0 aliphatic rings. The number of hydrogen-bond donors (Lipinski definition) is 1. The first-order valence-corrected chi connectivity index (χ1v) is 8.61. The molecule has 0 unspecified atom stereocenters. The topological polar surface area (TPSA) is 64.0 Å². The van der Waals surface area contributed by atoms with Crippen LogP contribution < -0.4 is 10.9 Å². The van der Waals surface area contributed by atoms with Crippen LogP contribution in [0.5, 0.6) is 0 Å². The molecule has 122 valence electrons. The van der Waals surface area contributed by atoms with Gasteiger partial charge in [-0.3, -0.25) is 14.2 Å². The van der Waals surface area contributed by atoms with E-state index in [1.165, 1.54) is 10.9 Å². The van der Waals surface area contributed by atoms with E-state index < -0.39 is 0 Å². The number of benzene rings is 2. The average molecular weight is 454 g/mol. The number of hydrogen-bond acceptors (Lipinski definition) is 3. The third-order valence-corrected chi connectivity index (χ3v) is 4.72. The molecule has 1 N–H and O–H groups in total. The minimum atomic E-state index is -0.311. The van der Waals surface area contributed by atoms with Gasteiger partial charge in [-0.05, 0) is 65.4 Å². The first kappa shape index (κ1) is 16.9. The van der Waals surface area contributed by atoms with E-state index in [0.717, 1.165) is 9.13 Å². The standard InChI is InChI=1S/C17H13ClIN3O2/c1-10-13(18)3-2-4-14(10)21-16(23)8-22-9-20-15-6-5-11(19)7-12(15)17(22)24/h2-7,9H,8H2,1H3,(H,21,23). The van der Waals surface area contributed by atoms with Crippen molar-refractivity contribution in [2.75, 3.05) is 5.32 Å². The molecule has 0 radical (unpaired) electrons. The molecule has 0 saturated heterocycles. The van der Waals surface area contributed by atoms with Gasteiger partial charge in [0, 0.05) is 14.3 Å². The molecule has 5 nitrogen and oxygen atoms in total. The molecule has 1 aromatic heterocycles. The van der Waals surface area contributed by atoms with E-state index in [1.807, 2.05) is 13.0 Å². The maximum atomic E-state index is 12.5. The number of halogens is 2. The predicted molar refractivity (Wildman–Crippen MR) is 104 cm³/mol.